The lowest BCUT2D eigenvalue weighted by atomic mass is 10.2. The molecule has 3 aromatic rings. The van der Waals surface area contributed by atoms with E-state index < -0.39 is 22.5 Å². The Balaban J connectivity index is 1.91. The zero-order valence-electron chi connectivity index (χ0n) is 16.1. The van der Waals surface area contributed by atoms with E-state index in [4.69, 9.17) is 4.74 Å². The molecule has 0 aliphatic rings. The van der Waals surface area contributed by atoms with Gasteiger partial charge in [0.2, 0.25) is 5.91 Å². The maximum absolute atomic E-state index is 13.2. The van der Waals surface area contributed by atoms with Crippen molar-refractivity contribution >= 4 is 27.3 Å². The fraction of sp³-hybridized carbons (Fsp3) is 0.143. The first-order valence-electron chi connectivity index (χ1n) is 8.83. The Morgan fingerprint density at radius 1 is 1.10 bits per heavy atom. The van der Waals surface area contributed by atoms with Gasteiger partial charge >= 0.3 is 0 Å². The summed E-state index contributed by atoms with van der Waals surface area (Å²) >= 11 is 0. The molecule has 150 valence electrons. The minimum atomic E-state index is -3.98. The number of pyridine rings is 1. The summed E-state index contributed by atoms with van der Waals surface area (Å²) in [6.45, 7) is 1.51. The molecule has 1 amide bonds. The lowest BCUT2D eigenvalue weighted by Gasteiger charge is -2.24. The molecule has 0 atom stereocenters. The Kier molecular flexibility index (Phi) is 6.13. The number of rotatable bonds is 7. The quantitative estimate of drug-likeness (QED) is 0.645. The predicted molar refractivity (Wildman–Crippen MR) is 112 cm³/mol. The van der Waals surface area contributed by atoms with Crippen LogP contribution in [-0.4, -0.2) is 33.0 Å². The van der Waals surface area contributed by atoms with Crippen LogP contribution in [0, 0.1) is 6.92 Å². The molecule has 0 saturated carbocycles. The summed E-state index contributed by atoms with van der Waals surface area (Å²) < 4.78 is 32.6. The van der Waals surface area contributed by atoms with Crippen LogP contribution in [0.3, 0.4) is 0 Å². The third kappa shape index (κ3) is 4.91. The van der Waals surface area contributed by atoms with Crippen molar-refractivity contribution in [1.29, 1.82) is 0 Å². The molecule has 0 bridgehead atoms. The smallest absolute Gasteiger partial charge is 0.266 e. The zero-order chi connectivity index (χ0) is 20.9. The number of nitrogens with zero attached hydrogens (tertiary/aromatic N) is 2. The first-order chi connectivity index (χ1) is 13.9. The van der Waals surface area contributed by atoms with Crippen molar-refractivity contribution < 1.29 is 17.9 Å². The van der Waals surface area contributed by atoms with E-state index in [2.05, 4.69) is 10.3 Å². The minimum absolute atomic E-state index is 0.00903. The number of ether oxygens (including phenoxy) is 1. The molecule has 1 heterocycles. The number of amides is 1. The van der Waals surface area contributed by atoms with Crippen LogP contribution in [0.2, 0.25) is 0 Å². The fourth-order valence-corrected chi connectivity index (χ4v) is 4.07. The van der Waals surface area contributed by atoms with Gasteiger partial charge in [0.05, 0.1) is 12.8 Å². The van der Waals surface area contributed by atoms with E-state index in [-0.39, 0.29) is 4.90 Å². The monoisotopic (exact) mass is 411 g/mol. The zero-order valence-corrected chi connectivity index (χ0v) is 16.9. The van der Waals surface area contributed by atoms with Crippen LogP contribution >= 0.6 is 0 Å². The minimum Gasteiger partial charge on any atom is -0.497 e. The summed E-state index contributed by atoms with van der Waals surface area (Å²) in [6, 6.07) is 16.8. The molecule has 0 aliphatic carbocycles. The number of carbonyl (C=O) groups excluding carboxylic acids is 1. The Morgan fingerprint density at radius 3 is 2.52 bits per heavy atom. The standard InChI is InChI=1S/C21H21N3O4S/c1-16-8-10-18(11-9-16)24(29(26,27)20-7-4-12-22-14-20)15-21(25)23-17-5-3-6-19(13-17)28-2/h3-14H,15H2,1-2H3,(H,23,25). The van der Waals surface area contributed by atoms with Crippen molar-refractivity contribution in [3.05, 3.63) is 78.6 Å². The normalized spacial score (nSPS) is 11.0. The highest BCUT2D eigenvalue weighted by Crippen LogP contribution is 2.24. The van der Waals surface area contributed by atoms with E-state index >= 15 is 0 Å². The van der Waals surface area contributed by atoms with Gasteiger partial charge in [-0.1, -0.05) is 23.8 Å². The van der Waals surface area contributed by atoms with Gasteiger partial charge < -0.3 is 10.1 Å². The molecule has 3 rings (SSSR count). The van der Waals surface area contributed by atoms with Crippen LogP contribution in [0.1, 0.15) is 5.56 Å². The molecule has 0 spiro atoms. The summed E-state index contributed by atoms with van der Waals surface area (Å²) in [7, 11) is -2.45. The Bertz CT molecular complexity index is 1080. The van der Waals surface area contributed by atoms with Crippen LogP contribution in [0.25, 0.3) is 0 Å². The van der Waals surface area contributed by atoms with Crippen molar-refractivity contribution in [1.82, 2.24) is 4.98 Å². The molecule has 8 heteroatoms. The van der Waals surface area contributed by atoms with Crippen LogP contribution in [-0.2, 0) is 14.8 Å². The Morgan fingerprint density at radius 2 is 1.86 bits per heavy atom. The summed E-state index contributed by atoms with van der Waals surface area (Å²) in [5.74, 6) is 0.104. The second-order valence-electron chi connectivity index (χ2n) is 6.32. The highest BCUT2D eigenvalue weighted by atomic mass is 32.2. The third-order valence-corrected chi connectivity index (χ3v) is 5.94. The average molecular weight is 411 g/mol. The van der Waals surface area contributed by atoms with Gasteiger partial charge in [0.1, 0.15) is 17.2 Å². The molecule has 1 aromatic heterocycles. The topological polar surface area (TPSA) is 88.6 Å². The molecule has 0 unspecified atom stereocenters. The van der Waals surface area contributed by atoms with Gasteiger partial charge in [-0.3, -0.25) is 14.1 Å². The molecule has 29 heavy (non-hydrogen) atoms. The number of aryl methyl sites for hydroxylation is 1. The molecule has 0 radical (unpaired) electrons. The van der Waals surface area contributed by atoms with E-state index in [0.29, 0.717) is 17.1 Å². The first-order valence-corrected chi connectivity index (χ1v) is 10.3. The van der Waals surface area contributed by atoms with E-state index in [1.54, 1.807) is 48.5 Å². The van der Waals surface area contributed by atoms with Gasteiger partial charge in [-0.2, -0.15) is 0 Å². The third-order valence-electron chi connectivity index (χ3n) is 4.19. The average Bonchev–Trinajstić information content (AvgIpc) is 2.73. The van der Waals surface area contributed by atoms with Crippen molar-refractivity contribution in [2.75, 3.05) is 23.3 Å². The SMILES string of the molecule is COc1cccc(NC(=O)CN(c2ccc(C)cc2)S(=O)(=O)c2cccnc2)c1. The second kappa shape index (κ2) is 8.74. The summed E-state index contributed by atoms with van der Waals surface area (Å²) in [6.07, 6.45) is 2.75. The number of hydrogen-bond acceptors (Lipinski definition) is 5. The van der Waals surface area contributed by atoms with Crippen molar-refractivity contribution in [2.45, 2.75) is 11.8 Å². The molecular weight excluding hydrogens is 390 g/mol. The molecule has 0 aliphatic heterocycles. The number of sulfonamides is 1. The molecule has 7 nitrogen and oxygen atoms in total. The Hall–Kier alpha value is -3.39. The van der Waals surface area contributed by atoms with E-state index in [1.165, 1.54) is 31.6 Å². The Labute approximate surface area is 170 Å². The predicted octanol–water partition coefficient (Wildman–Crippen LogP) is 3.23. The highest BCUT2D eigenvalue weighted by molar-refractivity contribution is 7.92. The van der Waals surface area contributed by atoms with E-state index in [0.717, 1.165) is 9.87 Å². The van der Waals surface area contributed by atoms with Crippen LogP contribution in [0.15, 0.2) is 78.0 Å². The summed E-state index contributed by atoms with van der Waals surface area (Å²) in [5.41, 5.74) is 1.88. The molecular formula is C21H21N3O4S. The van der Waals surface area contributed by atoms with Crippen molar-refractivity contribution in [3.8, 4) is 5.75 Å². The lowest BCUT2D eigenvalue weighted by molar-refractivity contribution is -0.114. The fourth-order valence-electron chi connectivity index (χ4n) is 2.68. The summed E-state index contributed by atoms with van der Waals surface area (Å²) in [5, 5.41) is 2.71. The second-order valence-corrected chi connectivity index (χ2v) is 8.18. The number of anilines is 2. The van der Waals surface area contributed by atoms with Gasteiger partial charge in [-0.25, -0.2) is 8.42 Å². The number of hydrogen-bond donors (Lipinski definition) is 1. The van der Waals surface area contributed by atoms with Crippen molar-refractivity contribution in [2.24, 2.45) is 0 Å². The van der Waals surface area contributed by atoms with Gasteiger partial charge in [0.25, 0.3) is 10.0 Å². The molecule has 1 N–H and O–H groups in total. The number of methoxy groups -OCH3 is 1. The van der Waals surface area contributed by atoms with Crippen molar-refractivity contribution in [3.63, 3.8) is 0 Å². The number of carbonyl (C=O) groups is 1. The van der Waals surface area contributed by atoms with Gasteiger partial charge in [0, 0.05) is 24.1 Å². The number of nitrogens with one attached hydrogen (secondary N) is 1. The highest BCUT2D eigenvalue weighted by Gasteiger charge is 2.27. The van der Waals surface area contributed by atoms with Crippen LogP contribution < -0.4 is 14.4 Å². The largest absolute Gasteiger partial charge is 0.497 e. The van der Waals surface area contributed by atoms with Gasteiger partial charge in [0.15, 0.2) is 0 Å². The lowest BCUT2D eigenvalue weighted by Crippen LogP contribution is -2.38. The summed E-state index contributed by atoms with van der Waals surface area (Å²) in [4.78, 5) is 16.6. The van der Waals surface area contributed by atoms with Gasteiger partial charge in [-0.05, 0) is 43.3 Å². The maximum Gasteiger partial charge on any atom is 0.266 e. The van der Waals surface area contributed by atoms with Gasteiger partial charge in [-0.15, -0.1) is 0 Å². The molecule has 0 saturated heterocycles. The van der Waals surface area contributed by atoms with E-state index in [1.807, 2.05) is 6.92 Å². The number of benzene rings is 2. The van der Waals surface area contributed by atoms with Crippen LogP contribution in [0.4, 0.5) is 11.4 Å². The van der Waals surface area contributed by atoms with E-state index in [9.17, 15) is 13.2 Å². The molecule has 2 aromatic carbocycles. The van der Waals surface area contributed by atoms with Crippen LogP contribution in [0.5, 0.6) is 5.75 Å². The first kappa shape index (κ1) is 20.3. The number of aromatic nitrogens is 1. The maximum atomic E-state index is 13.2. The molecule has 0 fully saturated rings.